The number of likely N-dealkylation sites (N-methyl/N-ethyl adjacent to an activating group) is 1. The smallest absolute Gasteiger partial charge is 0.243 e. The Morgan fingerprint density at radius 1 is 1.24 bits per heavy atom. The number of hydrogen-bond acceptors (Lipinski definition) is 4. The molecular formula is C22H36N4O2S. The van der Waals surface area contributed by atoms with Gasteiger partial charge in [0.1, 0.15) is 0 Å². The molecule has 1 heterocycles. The van der Waals surface area contributed by atoms with Crippen LogP contribution in [0.2, 0.25) is 0 Å². The molecule has 1 atom stereocenters. The number of ether oxygens (including phenoxy) is 1. The third-order valence-electron chi connectivity index (χ3n) is 5.34. The zero-order valence-corrected chi connectivity index (χ0v) is 18.9. The van der Waals surface area contributed by atoms with Crippen molar-refractivity contribution in [3.8, 4) is 0 Å². The number of morpholine rings is 1. The SMILES string of the molecule is CCCC[C@H](CC)CNC(=S)N(C)CC(=O)Nc1ccc(N2CCOCC2)cc1. The van der Waals surface area contributed by atoms with Crippen LogP contribution in [0.3, 0.4) is 0 Å². The van der Waals surface area contributed by atoms with Gasteiger partial charge in [-0.1, -0.05) is 33.1 Å². The Labute approximate surface area is 181 Å². The molecule has 1 aromatic carbocycles. The van der Waals surface area contributed by atoms with Crippen molar-refractivity contribution < 1.29 is 9.53 Å². The molecule has 6 nitrogen and oxygen atoms in total. The normalized spacial score (nSPS) is 14.9. The Morgan fingerprint density at radius 2 is 1.93 bits per heavy atom. The zero-order valence-electron chi connectivity index (χ0n) is 18.1. The molecule has 1 amide bonds. The molecule has 1 aliphatic rings. The van der Waals surface area contributed by atoms with Crippen LogP contribution in [-0.4, -0.2) is 62.4 Å². The van der Waals surface area contributed by atoms with Crippen LogP contribution in [0.15, 0.2) is 24.3 Å². The van der Waals surface area contributed by atoms with Crippen LogP contribution in [-0.2, 0) is 9.53 Å². The summed E-state index contributed by atoms with van der Waals surface area (Å²) < 4.78 is 5.39. The Kier molecular flexibility index (Phi) is 10.2. The third kappa shape index (κ3) is 8.19. The number of nitrogens with zero attached hydrogens (tertiary/aromatic N) is 2. The van der Waals surface area contributed by atoms with E-state index in [-0.39, 0.29) is 12.5 Å². The molecular weight excluding hydrogens is 384 g/mol. The summed E-state index contributed by atoms with van der Waals surface area (Å²) in [7, 11) is 1.85. The van der Waals surface area contributed by atoms with Gasteiger partial charge < -0.3 is 25.2 Å². The van der Waals surface area contributed by atoms with E-state index < -0.39 is 0 Å². The summed E-state index contributed by atoms with van der Waals surface area (Å²) in [4.78, 5) is 16.5. The summed E-state index contributed by atoms with van der Waals surface area (Å²) in [5, 5.41) is 6.89. The maximum Gasteiger partial charge on any atom is 0.243 e. The second kappa shape index (κ2) is 12.6. The first-order chi connectivity index (χ1) is 14.0. The molecule has 1 aliphatic heterocycles. The van der Waals surface area contributed by atoms with Crippen molar-refractivity contribution in [1.29, 1.82) is 0 Å². The lowest BCUT2D eigenvalue weighted by molar-refractivity contribution is -0.116. The fourth-order valence-electron chi connectivity index (χ4n) is 3.37. The number of carbonyl (C=O) groups excluding carboxylic acids is 1. The van der Waals surface area contributed by atoms with E-state index in [0.717, 1.165) is 50.6 Å². The van der Waals surface area contributed by atoms with Gasteiger partial charge in [0.2, 0.25) is 5.91 Å². The highest BCUT2D eigenvalue weighted by Crippen LogP contribution is 2.19. The minimum atomic E-state index is -0.0752. The van der Waals surface area contributed by atoms with E-state index in [1.54, 1.807) is 4.90 Å². The molecule has 0 saturated carbocycles. The largest absolute Gasteiger partial charge is 0.378 e. The number of benzene rings is 1. The molecule has 0 spiro atoms. The summed E-state index contributed by atoms with van der Waals surface area (Å²) in [6, 6.07) is 7.97. The van der Waals surface area contributed by atoms with Gasteiger partial charge in [-0.15, -0.1) is 0 Å². The van der Waals surface area contributed by atoms with E-state index in [9.17, 15) is 4.79 Å². The average molecular weight is 421 g/mol. The minimum absolute atomic E-state index is 0.0752. The Bertz CT molecular complexity index is 632. The topological polar surface area (TPSA) is 56.8 Å². The number of rotatable bonds is 10. The number of nitrogens with one attached hydrogen (secondary N) is 2. The van der Waals surface area contributed by atoms with Gasteiger partial charge in [0.15, 0.2) is 5.11 Å². The van der Waals surface area contributed by atoms with E-state index in [1.807, 2.05) is 31.3 Å². The Morgan fingerprint density at radius 3 is 2.55 bits per heavy atom. The molecule has 0 unspecified atom stereocenters. The summed E-state index contributed by atoms with van der Waals surface area (Å²) in [5.74, 6) is 0.550. The summed E-state index contributed by atoms with van der Waals surface area (Å²) in [6.07, 6.45) is 4.82. The monoisotopic (exact) mass is 420 g/mol. The van der Waals surface area contributed by atoms with Gasteiger partial charge in [-0.3, -0.25) is 4.79 Å². The third-order valence-corrected chi connectivity index (χ3v) is 5.80. The number of thiocarbonyl (C=S) groups is 1. The molecule has 0 bridgehead atoms. The molecule has 1 aromatic rings. The van der Waals surface area contributed by atoms with Crippen LogP contribution in [0.1, 0.15) is 39.5 Å². The predicted octanol–water partition coefficient (Wildman–Crippen LogP) is 3.48. The van der Waals surface area contributed by atoms with E-state index in [1.165, 1.54) is 19.3 Å². The highest BCUT2D eigenvalue weighted by molar-refractivity contribution is 7.80. The lowest BCUT2D eigenvalue weighted by atomic mass is 9.99. The molecule has 7 heteroatoms. The highest BCUT2D eigenvalue weighted by atomic mass is 32.1. The van der Waals surface area contributed by atoms with Crippen LogP contribution in [0.4, 0.5) is 11.4 Å². The van der Waals surface area contributed by atoms with Gasteiger partial charge >= 0.3 is 0 Å². The molecule has 1 fully saturated rings. The standard InChI is InChI=1S/C22H36N4O2S/c1-4-6-7-18(5-2)16-23-22(29)25(3)17-21(27)24-19-8-10-20(11-9-19)26-12-14-28-15-13-26/h8-11,18H,4-7,12-17H2,1-3H3,(H,23,29)(H,24,27)/t18-/m0/s1. The van der Waals surface area contributed by atoms with Crippen LogP contribution >= 0.6 is 12.2 Å². The van der Waals surface area contributed by atoms with Crippen molar-refractivity contribution in [3.63, 3.8) is 0 Å². The Balaban J connectivity index is 1.75. The van der Waals surface area contributed by atoms with Crippen molar-refractivity contribution in [2.24, 2.45) is 5.92 Å². The summed E-state index contributed by atoms with van der Waals surface area (Å²) in [6.45, 7) is 8.84. The van der Waals surface area contributed by atoms with Crippen molar-refractivity contribution in [2.75, 3.05) is 56.7 Å². The first-order valence-electron chi connectivity index (χ1n) is 10.7. The molecule has 29 heavy (non-hydrogen) atoms. The van der Waals surface area contributed by atoms with E-state index in [0.29, 0.717) is 11.0 Å². The van der Waals surface area contributed by atoms with E-state index in [4.69, 9.17) is 17.0 Å². The first kappa shape index (κ1) is 23.4. The lowest BCUT2D eigenvalue weighted by Crippen LogP contribution is -2.42. The maximum absolute atomic E-state index is 12.4. The second-order valence-corrected chi connectivity index (χ2v) is 8.04. The van der Waals surface area contributed by atoms with Gasteiger partial charge in [-0.2, -0.15) is 0 Å². The Hall–Kier alpha value is -1.86. The van der Waals surface area contributed by atoms with Crippen LogP contribution in [0.5, 0.6) is 0 Å². The van der Waals surface area contributed by atoms with Gasteiger partial charge in [0.25, 0.3) is 0 Å². The van der Waals surface area contributed by atoms with Crippen LogP contribution in [0, 0.1) is 5.92 Å². The molecule has 0 radical (unpaired) electrons. The van der Waals surface area contributed by atoms with Gasteiger partial charge in [-0.25, -0.2) is 0 Å². The quantitative estimate of drug-likeness (QED) is 0.565. The van der Waals surface area contributed by atoms with Gasteiger partial charge in [-0.05, 0) is 48.8 Å². The fourth-order valence-corrected chi connectivity index (χ4v) is 3.52. The molecule has 1 saturated heterocycles. The highest BCUT2D eigenvalue weighted by Gasteiger charge is 2.13. The molecule has 0 aromatic heterocycles. The lowest BCUT2D eigenvalue weighted by Gasteiger charge is -2.29. The molecule has 2 rings (SSSR count). The van der Waals surface area contributed by atoms with E-state index >= 15 is 0 Å². The second-order valence-electron chi connectivity index (χ2n) is 7.65. The number of hydrogen-bond donors (Lipinski definition) is 2. The fraction of sp³-hybridized carbons (Fsp3) is 0.636. The van der Waals surface area contributed by atoms with Gasteiger partial charge in [0, 0.05) is 38.1 Å². The maximum atomic E-state index is 12.4. The summed E-state index contributed by atoms with van der Waals surface area (Å²) >= 11 is 5.45. The number of unbranched alkanes of at least 4 members (excludes halogenated alkanes) is 1. The van der Waals surface area contributed by atoms with Crippen molar-refractivity contribution in [3.05, 3.63) is 24.3 Å². The van der Waals surface area contributed by atoms with Crippen molar-refractivity contribution >= 4 is 34.6 Å². The number of anilines is 2. The number of carbonyl (C=O) groups is 1. The van der Waals surface area contributed by atoms with Crippen LogP contribution in [0.25, 0.3) is 0 Å². The number of amides is 1. The molecule has 2 N–H and O–H groups in total. The predicted molar refractivity (Wildman–Crippen MR) is 125 cm³/mol. The van der Waals surface area contributed by atoms with Gasteiger partial charge in [0.05, 0.1) is 19.8 Å². The average Bonchev–Trinajstić information content (AvgIpc) is 2.74. The summed E-state index contributed by atoms with van der Waals surface area (Å²) in [5.41, 5.74) is 1.95. The first-order valence-corrected chi connectivity index (χ1v) is 11.2. The van der Waals surface area contributed by atoms with E-state index in [2.05, 4.69) is 29.4 Å². The molecule has 0 aliphatic carbocycles. The molecule has 162 valence electrons. The van der Waals surface area contributed by atoms with Crippen molar-refractivity contribution in [1.82, 2.24) is 10.2 Å². The van der Waals surface area contributed by atoms with Crippen molar-refractivity contribution in [2.45, 2.75) is 39.5 Å². The minimum Gasteiger partial charge on any atom is -0.378 e. The van der Waals surface area contributed by atoms with Crippen LogP contribution < -0.4 is 15.5 Å². The zero-order chi connectivity index (χ0) is 21.1.